The van der Waals surface area contributed by atoms with Gasteiger partial charge in [-0.2, -0.15) is 0 Å². The Morgan fingerprint density at radius 2 is 1.89 bits per heavy atom. The van der Waals surface area contributed by atoms with Crippen LogP contribution in [0.15, 0.2) is 30.3 Å². The molecule has 0 radical (unpaired) electrons. The number of nitrogens with one attached hydrogen (secondary N) is 1. The molecule has 1 aliphatic carbocycles. The van der Waals surface area contributed by atoms with Gasteiger partial charge in [-0.05, 0) is 38.2 Å². The molecule has 2 nitrogen and oxygen atoms in total. The van der Waals surface area contributed by atoms with Gasteiger partial charge in [0.25, 0.3) is 0 Å². The molecule has 0 spiro atoms. The normalized spacial score (nSPS) is 26.2. The minimum absolute atomic E-state index is 0.350. The van der Waals surface area contributed by atoms with Crippen molar-refractivity contribution in [2.45, 2.75) is 38.3 Å². The Balaban J connectivity index is 1.86. The van der Waals surface area contributed by atoms with Crippen molar-refractivity contribution >= 4 is 0 Å². The fourth-order valence-corrected chi connectivity index (χ4v) is 3.39. The third-order valence-electron chi connectivity index (χ3n) is 4.74. The first-order valence-electron chi connectivity index (χ1n) is 7.22. The van der Waals surface area contributed by atoms with E-state index in [-0.39, 0.29) is 0 Å². The van der Waals surface area contributed by atoms with Crippen LogP contribution in [0.2, 0.25) is 0 Å². The van der Waals surface area contributed by atoms with Crippen LogP contribution in [0, 0.1) is 5.92 Å². The summed E-state index contributed by atoms with van der Waals surface area (Å²) in [5.41, 5.74) is 1.81. The number of hydrogen-bond acceptors (Lipinski definition) is 2. The smallest absolute Gasteiger partial charge is 0.0478 e. The number of benzene rings is 1. The van der Waals surface area contributed by atoms with E-state index in [2.05, 4.69) is 54.4 Å². The zero-order chi connectivity index (χ0) is 12.6. The molecule has 1 heterocycles. The van der Waals surface area contributed by atoms with Crippen LogP contribution in [0.1, 0.15) is 38.3 Å². The molecule has 1 saturated carbocycles. The van der Waals surface area contributed by atoms with Crippen LogP contribution in [0.25, 0.3) is 0 Å². The van der Waals surface area contributed by atoms with Crippen LogP contribution >= 0.6 is 0 Å². The molecular weight excluding hydrogens is 220 g/mol. The van der Waals surface area contributed by atoms with Gasteiger partial charge in [0.2, 0.25) is 0 Å². The lowest BCUT2D eigenvalue weighted by molar-refractivity contribution is 0.0330. The minimum atomic E-state index is 0.350. The maximum atomic E-state index is 3.55. The van der Waals surface area contributed by atoms with Crippen LogP contribution in [-0.4, -0.2) is 30.1 Å². The minimum Gasteiger partial charge on any atom is -0.314 e. The summed E-state index contributed by atoms with van der Waals surface area (Å²) in [6.07, 6.45) is 2.83. The highest BCUT2D eigenvalue weighted by molar-refractivity contribution is 5.21. The zero-order valence-electron chi connectivity index (χ0n) is 11.5. The third-order valence-corrected chi connectivity index (χ3v) is 4.74. The van der Waals surface area contributed by atoms with Gasteiger partial charge >= 0.3 is 0 Å². The van der Waals surface area contributed by atoms with Crippen molar-refractivity contribution in [2.24, 2.45) is 5.92 Å². The summed E-state index contributed by atoms with van der Waals surface area (Å²) >= 11 is 0. The molecule has 0 amide bonds. The Morgan fingerprint density at radius 3 is 2.56 bits per heavy atom. The predicted molar refractivity (Wildman–Crippen MR) is 75.6 cm³/mol. The second-order valence-corrected chi connectivity index (χ2v) is 6.25. The molecule has 2 heteroatoms. The van der Waals surface area contributed by atoms with Crippen LogP contribution in [-0.2, 0) is 0 Å². The summed E-state index contributed by atoms with van der Waals surface area (Å²) in [6, 6.07) is 11.5. The van der Waals surface area contributed by atoms with Gasteiger partial charge in [-0.15, -0.1) is 0 Å². The van der Waals surface area contributed by atoms with Gasteiger partial charge in [0, 0.05) is 31.2 Å². The van der Waals surface area contributed by atoms with E-state index < -0.39 is 0 Å². The van der Waals surface area contributed by atoms with E-state index in [9.17, 15) is 0 Å². The molecule has 1 saturated heterocycles. The molecule has 1 atom stereocenters. The zero-order valence-corrected chi connectivity index (χ0v) is 11.5. The Labute approximate surface area is 110 Å². The van der Waals surface area contributed by atoms with Crippen LogP contribution < -0.4 is 5.32 Å². The van der Waals surface area contributed by atoms with E-state index in [1.54, 1.807) is 0 Å². The molecule has 0 aromatic heterocycles. The fraction of sp³-hybridized carbons (Fsp3) is 0.625. The molecular formula is C16H24N2. The lowest BCUT2D eigenvalue weighted by atomic mass is 9.90. The van der Waals surface area contributed by atoms with Crippen molar-refractivity contribution < 1.29 is 0 Å². The number of nitrogens with zero attached hydrogens (tertiary/aromatic N) is 1. The van der Waals surface area contributed by atoms with E-state index in [1.165, 1.54) is 24.9 Å². The highest BCUT2D eigenvalue weighted by atomic mass is 15.3. The quantitative estimate of drug-likeness (QED) is 0.879. The monoisotopic (exact) mass is 244 g/mol. The van der Waals surface area contributed by atoms with E-state index >= 15 is 0 Å². The second kappa shape index (κ2) is 4.67. The lowest BCUT2D eigenvalue weighted by Gasteiger charge is -2.47. The van der Waals surface area contributed by atoms with E-state index in [0.717, 1.165) is 19.0 Å². The van der Waals surface area contributed by atoms with Gasteiger partial charge in [0.15, 0.2) is 0 Å². The second-order valence-electron chi connectivity index (χ2n) is 6.25. The molecule has 1 unspecified atom stereocenters. The summed E-state index contributed by atoms with van der Waals surface area (Å²) in [4.78, 5) is 2.73. The topological polar surface area (TPSA) is 15.3 Å². The summed E-state index contributed by atoms with van der Waals surface area (Å²) in [6.45, 7) is 8.25. The molecule has 1 aromatic carbocycles. The van der Waals surface area contributed by atoms with Gasteiger partial charge in [-0.25, -0.2) is 0 Å². The molecule has 2 aliphatic rings. The number of hydrogen-bond donors (Lipinski definition) is 1. The molecule has 3 rings (SSSR count). The molecule has 2 fully saturated rings. The Kier molecular flexibility index (Phi) is 3.16. The first-order chi connectivity index (χ1) is 8.69. The molecule has 98 valence electrons. The average molecular weight is 244 g/mol. The van der Waals surface area contributed by atoms with Crippen LogP contribution in [0.3, 0.4) is 0 Å². The van der Waals surface area contributed by atoms with Gasteiger partial charge in [0.1, 0.15) is 0 Å². The maximum absolute atomic E-state index is 3.55. The average Bonchev–Trinajstić information content (AvgIpc) is 3.24. The van der Waals surface area contributed by atoms with Gasteiger partial charge in [-0.1, -0.05) is 30.3 Å². The summed E-state index contributed by atoms with van der Waals surface area (Å²) in [5, 5.41) is 3.55. The summed E-state index contributed by atoms with van der Waals surface area (Å²) in [7, 11) is 0. The van der Waals surface area contributed by atoms with Crippen LogP contribution in [0.4, 0.5) is 0 Å². The third kappa shape index (κ3) is 2.19. The summed E-state index contributed by atoms with van der Waals surface area (Å²) in [5.74, 6) is 0.904. The molecule has 0 bridgehead atoms. The van der Waals surface area contributed by atoms with Crippen molar-refractivity contribution in [3.8, 4) is 0 Å². The maximum Gasteiger partial charge on any atom is 0.0478 e. The van der Waals surface area contributed by atoms with Crippen LogP contribution in [0.5, 0.6) is 0 Å². The number of rotatable bonds is 3. The lowest BCUT2D eigenvalue weighted by Crippen LogP contribution is -2.56. The SMILES string of the molecule is CC(C)(C1CC1)N1CCNCC1c1ccccc1. The van der Waals surface area contributed by atoms with Crippen molar-refractivity contribution in [1.82, 2.24) is 10.2 Å². The number of piperazine rings is 1. The molecule has 1 aliphatic heterocycles. The molecule has 1 aromatic rings. The Morgan fingerprint density at radius 1 is 1.17 bits per heavy atom. The van der Waals surface area contributed by atoms with Gasteiger partial charge in [-0.3, -0.25) is 4.90 Å². The fourth-order valence-electron chi connectivity index (χ4n) is 3.39. The highest BCUT2D eigenvalue weighted by Gasteiger charge is 2.45. The highest BCUT2D eigenvalue weighted by Crippen LogP contribution is 2.45. The van der Waals surface area contributed by atoms with E-state index in [4.69, 9.17) is 0 Å². The van der Waals surface area contributed by atoms with Gasteiger partial charge in [0.05, 0.1) is 0 Å². The van der Waals surface area contributed by atoms with Crippen molar-refractivity contribution in [3.63, 3.8) is 0 Å². The first-order valence-corrected chi connectivity index (χ1v) is 7.22. The molecule has 1 N–H and O–H groups in total. The molecule has 18 heavy (non-hydrogen) atoms. The van der Waals surface area contributed by atoms with Gasteiger partial charge < -0.3 is 5.32 Å². The standard InChI is InChI=1S/C16H24N2/c1-16(2,14-8-9-14)18-11-10-17-12-15(18)13-6-4-3-5-7-13/h3-7,14-15,17H,8-12H2,1-2H3. The predicted octanol–water partition coefficient (Wildman–Crippen LogP) is 2.82. The van der Waals surface area contributed by atoms with E-state index in [0.29, 0.717) is 11.6 Å². The Bertz CT molecular complexity index is 395. The largest absolute Gasteiger partial charge is 0.314 e. The summed E-state index contributed by atoms with van der Waals surface area (Å²) < 4.78 is 0. The van der Waals surface area contributed by atoms with Crippen molar-refractivity contribution in [3.05, 3.63) is 35.9 Å². The van der Waals surface area contributed by atoms with Crippen molar-refractivity contribution in [1.29, 1.82) is 0 Å². The van der Waals surface area contributed by atoms with Crippen molar-refractivity contribution in [2.75, 3.05) is 19.6 Å². The first kappa shape index (κ1) is 12.2. The Hall–Kier alpha value is -0.860. The van der Waals surface area contributed by atoms with E-state index in [1.807, 2.05) is 0 Å².